The number of rotatable bonds is 3. The van der Waals surface area contributed by atoms with Crippen LogP contribution in [0.3, 0.4) is 0 Å². The van der Waals surface area contributed by atoms with Crippen LogP contribution in [0.1, 0.15) is 49.6 Å². The van der Waals surface area contributed by atoms with E-state index in [4.69, 9.17) is 9.52 Å². The van der Waals surface area contributed by atoms with E-state index in [0.29, 0.717) is 11.6 Å². The predicted octanol–water partition coefficient (Wildman–Crippen LogP) is 2.35. The lowest BCUT2D eigenvalue weighted by molar-refractivity contribution is -0.136. The van der Waals surface area contributed by atoms with Gasteiger partial charge in [0.05, 0.1) is 12.1 Å². The number of carbonyl (C=O) groups is 1. The molecule has 2 rings (SSSR count). The van der Waals surface area contributed by atoms with Crippen LogP contribution in [0.4, 0.5) is 0 Å². The first-order valence-electron chi connectivity index (χ1n) is 5.42. The zero-order valence-electron chi connectivity index (χ0n) is 8.61. The highest BCUT2D eigenvalue weighted by Crippen LogP contribution is 2.31. The maximum atomic E-state index is 10.5. The van der Waals surface area contributed by atoms with E-state index in [9.17, 15) is 4.79 Å². The molecule has 0 radical (unpaired) electrons. The Bertz CT molecular complexity index is 339. The van der Waals surface area contributed by atoms with Gasteiger partial charge in [-0.2, -0.15) is 0 Å². The van der Waals surface area contributed by atoms with Gasteiger partial charge in [-0.05, 0) is 12.8 Å². The van der Waals surface area contributed by atoms with Gasteiger partial charge in [0.25, 0.3) is 0 Å². The summed E-state index contributed by atoms with van der Waals surface area (Å²) >= 11 is 0. The van der Waals surface area contributed by atoms with Crippen molar-refractivity contribution in [3.8, 4) is 0 Å². The second kappa shape index (κ2) is 4.47. The second-order valence-corrected chi connectivity index (χ2v) is 4.08. The van der Waals surface area contributed by atoms with Crippen LogP contribution in [0, 0.1) is 0 Å². The zero-order chi connectivity index (χ0) is 10.7. The van der Waals surface area contributed by atoms with E-state index in [2.05, 4.69) is 4.98 Å². The number of carboxylic acids is 1. The second-order valence-electron chi connectivity index (χ2n) is 4.08. The molecule has 0 spiro atoms. The Morgan fingerprint density at radius 3 is 2.87 bits per heavy atom. The molecule has 82 valence electrons. The first-order chi connectivity index (χ1) is 7.25. The van der Waals surface area contributed by atoms with Crippen LogP contribution in [0.5, 0.6) is 0 Å². The Balaban J connectivity index is 2.02. The Morgan fingerprint density at radius 1 is 1.47 bits per heavy atom. The van der Waals surface area contributed by atoms with E-state index in [0.717, 1.165) is 18.7 Å². The lowest BCUT2D eigenvalue weighted by Crippen LogP contribution is -2.05. The quantitative estimate of drug-likeness (QED) is 0.829. The third kappa shape index (κ3) is 2.58. The first kappa shape index (κ1) is 10.2. The van der Waals surface area contributed by atoms with Gasteiger partial charge in [-0.25, -0.2) is 4.98 Å². The molecule has 0 aromatic carbocycles. The first-order valence-corrected chi connectivity index (χ1v) is 5.42. The van der Waals surface area contributed by atoms with Crippen LogP contribution < -0.4 is 0 Å². The highest BCUT2D eigenvalue weighted by atomic mass is 16.4. The van der Waals surface area contributed by atoms with Crippen LogP contribution in [0.25, 0.3) is 0 Å². The van der Waals surface area contributed by atoms with Crippen LogP contribution in [0.2, 0.25) is 0 Å². The van der Waals surface area contributed by atoms with Crippen LogP contribution >= 0.6 is 0 Å². The molecule has 1 aromatic heterocycles. The summed E-state index contributed by atoms with van der Waals surface area (Å²) in [6.45, 7) is 0. The molecule has 1 aliphatic rings. The Labute approximate surface area is 88.3 Å². The molecule has 4 nitrogen and oxygen atoms in total. The minimum Gasteiger partial charge on any atom is -0.481 e. The Hall–Kier alpha value is -1.32. The van der Waals surface area contributed by atoms with Gasteiger partial charge in [-0.1, -0.05) is 19.3 Å². The van der Waals surface area contributed by atoms with Crippen molar-refractivity contribution in [3.05, 3.63) is 17.8 Å². The molecule has 1 heterocycles. The summed E-state index contributed by atoms with van der Waals surface area (Å²) in [6.07, 6.45) is 7.40. The van der Waals surface area contributed by atoms with E-state index in [1.165, 1.54) is 25.5 Å². The largest absolute Gasteiger partial charge is 0.481 e. The predicted molar refractivity (Wildman–Crippen MR) is 53.7 cm³/mol. The molecule has 0 bridgehead atoms. The van der Waals surface area contributed by atoms with E-state index in [1.54, 1.807) is 0 Å². The molecule has 1 fully saturated rings. The number of aromatic nitrogens is 1. The summed E-state index contributed by atoms with van der Waals surface area (Å²) in [5.74, 6) is 0.269. The molecule has 1 saturated carbocycles. The summed E-state index contributed by atoms with van der Waals surface area (Å²) in [6, 6.07) is 0. The van der Waals surface area contributed by atoms with Gasteiger partial charge in [-0.15, -0.1) is 0 Å². The van der Waals surface area contributed by atoms with Gasteiger partial charge in [0.15, 0.2) is 5.89 Å². The molecule has 0 atom stereocenters. The van der Waals surface area contributed by atoms with Gasteiger partial charge < -0.3 is 9.52 Å². The zero-order valence-corrected chi connectivity index (χ0v) is 8.61. The fraction of sp³-hybridized carbons (Fsp3) is 0.636. The van der Waals surface area contributed by atoms with Crippen molar-refractivity contribution in [2.24, 2.45) is 0 Å². The van der Waals surface area contributed by atoms with E-state index in [-0.39, 0.29) is 6.42 Å². The number of oxazole rings is 1. The molecule has 1 N–H and O–H groups in total. The molecule has 4 heteroatoms. The molecule has 0 aliphatic heterocycles. The van der Waals surface area contributed by atoms with Gasteiger partial charge in [0.2, 0.25) is 0 Å². The summed E-state index contributed by atoms with van der Waals surface area (Å²) in [7, 11) is 0. The van der Waals surface area contributed by atoms with Crippen molar-refractivity contribution in [3.63, 3.8) is 0 Å². The van der Waals surface area contributed by atoms with Gasteiger partial charge in [-0.3, -0.25) is 4.79 Å². The normalized spacial score (nSPS) is 17.9. The van der Waals surface area contributed by atoms with Gasteiger partial charge >= 0.3 is 5.97 Å². The maximum Gasteiger partial charge on any atom is 0.309 e. The van der Waals surface area contributed by atoms with E-state index in [1.807, 2.05) is 0 Å². The lowest BCUT2D eigenvalue weighted by Gasteiger charge is -2.17. The molecule has 0 amide bonds. The van der Waals surface area contributed by atoms with Crippen molar-refractivity contribution in [2.75, 3.05) is 0 Å². The summed E-state index contributed by atoms with van der Waals surface area (Å²) in [5.41, 5.74) is 0.531. The SMILES string of the molecule is O=C(O)Cc1coc(C2CCCCC2)n1. The van der Waals surface area contributed by atoms with Crippen LogP contribution in [0.15, 0.2) is 10.7 Å². The standard InChI is InChI=1S/C11H15NO3/c13-10(14)6-9-7-15-11(12-9)8-4-2-1-3-5-8/h7-8H,1-6H2,(H,13,14). The maximum absolute atomic E-state index is 10.5. The number of aliphatic carboxylic acids is 1. The monoisotopic (exact) mass is 209 g/mol. The van der Waals surface area contributed by atoms with Crippen molar-refractivity contribution in [2.45, 2.75) is 44.4 Å². The minimum absolute atomic E-state index is 0.0454. The fourth-order valence-corrected chi connectivity index (χ4v) is 2.10. The molecule has 1 aromatic rings. The van der Waals surface area contributed by atoms with Crippen LogP contribution in [-0.4, -0.2) is 16.1 Å². The average molecular weight is 209 g/mol. The highest BCUT2D eigenvalue weighted by Gasteiger charge is 2.20. The number of hydrogen-bond acceptors (Lipinski definition) is 3. The lowest BCUT2D eigenvalue weighted by atomic mass is 9.89. The van der Waals surface area contributed by atoms with Gasteiger partial charge in [0.1, 0.15) is 6.26 Å². The summed E-state index contributed by atoms with van der Waals surface area (Å²) < 4.78 is 5.33. The third-order valence-corrected chi connectivity index (χ3v) is 2.86. The summed E-state index contributed by atoms with van der Waals surface area (Å²) in [5, 5.41) is 8.60. The molecule has 15 heavy (non-hydrogen) atoms. The molecular formula is C11H15NO3. The Morgan fingerprint density at radius 2 is 2.20 bits per heavy atom. The fourth-order valence-electron chi connectivity index (χ4n) is 2.10. The van der Waals surface area contributed by atoms with Crippen LogP contribution in [-0.2, 0) is 11.2 Å². The average Bonchev–Trinajstić information content (AvgIpc) is 2.67. The van der Waals surface area contributed by atoms with E-state index >= 15 is 0 Å². The molecule has 1 aliphatic carbocycles. The van der Waals surface area contributed by atoms with Crippen molar-refractivity contribution in [1.82, 2.24) is 4.98 Å². The summed E-state index contributed by atoms with van der Waals surface area (Å²) in [4.78, 5) is 14.7. The number of hydrogen-bond donors (Lipinski definition) is 1. The highest BCUT2D eigenvalue weighted by molar-refractivity contribution is 5.69. The minimum atomic E-state index is -0.863. The smallest absolute Gasteiger partial charge is 0.309 e. The van der Waals surface area contributed by atoms with Gasteiger partial charge in [0, 0.05) is 5.92 Å². The molecule has 0 saturated heterocycles. The van der Waals surface area contributed by atoms with Crippen molar-refractivity contribution >= 4 is 5.97 Å². The molecule has 0 unspecified atom stereocenters. The topological polar surface area (TPSA) is 63.3 Å². The number of carboxylic acid groups (broad SMARTS) is 1. The molecular weight excluding hydrogens is 194 g/mol. The van der Waals surface area contributed by atoms with Crippen molar-refractivity contribution in [1.29, 1.82) is 0 Å². The third-order valence-electron chi connectivity index (χ3n) is 2.86. The van der Waals surface area contributed by atoms with E-state index < -0.39 is 5.97 Å². The number of nitrogens with zero attached hydrogens (tertiary/aromatic N) is 1. The Kier molecular flexibility index (Phi) is 3.04. The van der Waals surface area contributed by atoms with Crippen molar-refractivity contribution < 1.29 is 14.3 Å².